The minimum absolute atomic E-state index is 0.0148. The molecule has 2 aromatic heterocycles. The minimum Gasteiger partial charge on any atom is -0.503 e. The zero-order chi connectivity index (χ0) is 19.5. The summed E-state index contributed by atoms with van der Waals surface area (Å²) in [5.41, 5.74) is 1.73. The zero-order valence-corrected chi connectivity index (χ0v) is 15.0. The summed E-state index contributed by atoms with van der Waals surface area (Å²) >= 11 is 0. The van der Waals surface area contributed by atoms with Crippen LogP contribution in [0.1, 0.15) is 27.7 Å². The minimum atomic E-state index is -0.720. The highest BCUT2D eigenvalue weighted by Crippen LogP contribution is 2.38. The van der Waals surface area contributed by atoms with Gasteiger partial charge in [0.2, 0.25) is 5.78 Å². The zero-order valence-electron chi connectivity index (χ0n) is 15.0. The molecule has 0 aliphatic carbocycles. The molecule has 1 N–H and O–H groups in total. The molecule has 0 saturated carbocycles. The fourth-order valence-electron chi connectivity index (χ4n) is 3.44. The Morgan fingerprint density at radius 2 is 1.93 bits per heavy atom. The first-order valence-corrected chi connectivity index (χ1v) is 8.93. The SMILES string of the molecule is O=C(C1=C(O)C(=O)N(CCc2ccccc2)[C@@H]1c1cccnc1)c1ccco1. The van der Waals surface area contributed by atoms with Gasteiger partial charge in [-0.15, -0.1) is 0 Å². The van der Waals surface area contributed by atoms with E-state index in [1.54, 1.807) is 30.6 Å². The number of Topliss-reactive ketones (excluding diaryl/α,β-unsaturated/α-hetero) is 1. The highest BCUT2D eigenvalue weighted by molar-refractivity contribution is 6.14. The van der Waals surface area contributed by atoms with E-state index in [-0.39, 0.29) is 11.3 Å². The number of rotatable bonds is 6. The Bertz CT molecular complexity index is 1010. The number of hydrogen-bond acceptors (Lipinski definition) is 5. The molecule has 28 heavy (non-hydrogen) atoms. The monoisotopic (exact) mass is 374 g/mol. The molecular formula is C22H18N2O4. The van der Waals surface area contributed by atoms with Gasteiger partial charge >= 0.3 is 0 Å². The Hall–Kier alpha value is -3.67. The Morgan fingerprint density at radius 3 is 2.61 bits per heavy atom. The fraction of sp³-hybridized carbons (Fsp3) is 0.136. The lowest BCUT2D eigenvalue weighted by Crippen LogP contribution is -2.33. The third-order valence-corrected chi connectivity index (χ3v) is 4.78. The summed E-state index contributed by atoms with van der Waals surface area (Å²) < 4.78 is 5.20. The van der Waals surface area contributed by atoms with Gasteiger partial charge in [-0.2, -0.15) is 0 Å². The largest absolute Gasteiger partial charge is 0.503 e. The van der Waals surface area contributed by atoms with Crippen LogP contribution in [-0.4, -0.2) is 33.2 Å². The molecule has 0 radical (unpaired) electrons. The fourth-order valence-corrected chi connectivity index (χ4v) is 3.44. The smallest absolute Gasteiger partial charge is 0.290 e. The van der Waals surface area contributed by atoms with Crippen molar-refractivity contribution in [3.05, 3.63) is 101 Å². The van der Waals surface area contributed by atoms with Crippen molar-refractivity contribution in [2.24, 2.45) is 0 Å². The number of carbonyl (C=O) groups excluding carboxylic acids is 2. The van der Waals surface area contributed by atoms with Gasteiger partial charge < -0.3 is 14.4 Å². The van der Waals surface area contributed by atoms with Crippen molar-refractivity contribution in [2.45, 2.75) is 12.5 Å². The van der Waals surface area contributed by atoms with Gasteiger partial charge in [-0.25, -0.2) is 0 Å². The number of carbonyl (C=O) groups is 2. The number of ketones is 1. The summed E-state index contributed by atoms with van der Waals surface area (Å²) in [6, 6.07) is 15.6. The molecule has 0 saturated heterocycles. The predicted molar refractivity (Wildman–Crippen MR) is 102 cm³/mol. The van der Waals surface area contributed by atoms with Crippen LogP contribution in [0.4, 0.5) is 0 Å². The Labute approximate surface area is 161 Å². The average molecular weight is 374 g/mol. The van der Waals surface area contributed by atoms with Gasteiger partial charge in [0, 0.05) is 18.9 Å². The van der Waals surface area contributed by atoms with Crippen LogP contribution >= 0.6 is 0 Å². The first-order chi connectivity index (χ1) is 13.7. The number of pyridine rings is 1. The molecule has 1 aromatic carbocycles. The maximum atomic E-state index is 13.0. The summed E-state index contributed by atoms with van der Waals surface area (Å²) in [5, 5.41) is 10.5. The van der Waals surface area contributed by atoms with Crippen LogP contribution in [0.15, 0.2) is 89.0 Å². The molecule has 6 heteroatoms. The highest BCUT2D eigenvalue weighted by Gasteiger charge is 2.44. The van der Waals surface area contributed by atoms with Crippen molar-refractivity contribution >= 4 is 11.7 Å². The van der Waals surface area contributed by atoms with Crippen LogP contribution in [0.2, 0.25) is 0 Å². The van der Waals surface area contributed by atoms with Crippen molar-refractivity contribution in [3.63, 3.8) is 0 Å². The van der Waals surface area contributed by atoms with Crippen LogP contribution in [-0.2, 0) is 11.2 Å². The number of aliphatic hydroxyl groups excluding tert-OH is 1. The van der Waals surface area contributed by atoms with Gasteiger partial charge in [0.15, 0.2) is 11.5 Å². The quantitative estimate of drug-likeness (QED) is 0.668. The second kappa shape index (κ2) is 7.52. The molecule has 140 valence electrons. The number of aliphatic hydroxyl groups is 1. The van der Waals surface area contributed by atoms with Gasteiger partial charge in [-0.3, -0.25) is 14.6 Å². The predicted octanol–water partition coefficient (Wildman–Crippen LogP) is 3.50. The number of furan rings is 1. The molecule has 0 unspecified atom stereocenters. The topological polar surface area (TPSA) is 83.6 Å². The van der Waals surface area contributed by atoms with E-state index >= 15 is 0 Å². The maximum absolute atomic E-state index is 13.0. The molecule has 1 aliphatic heterocycles. The van der Waals surface area contributed by atoms with Gasteiger partial charge in [0.25, 0.3) is 5.91 Å². The van der Waals surface area contributed by atoms with Gasteiger partial charge in [-0.1, -0.05) is 36.4 Å². The first-order valence-electron chi connectivity index (χ1n) is 8.93. The average Bonchev–Trinajstić information content (AvgIpc) is 3.36. The summed E-state index contributed by atoms with van der Waals surface area (Å²) in [6.07, 6.45) is 5.19. The van der Waals surface area contributed by atoms with Crippen LogP contribution in [0.25, 0.3) is 0 Å². The molecule has 0 fully saturated rings. The molecule has 1 atom stereocenters. The van der Waals surface area contributed by atoms with Crippen molar-refractivity contribution < 1.29 is 19.1 Å². The number of aromatic nitrogens is 1. The summed E-state index contributed by atoms with van der Waals surface area (Å²) in [4.78, 5) is 31.4. The van der Waals surface area contributed by atoms with Crippen molar-refractivity contribution in [1.82, 2.24) is 9.88 Å². The molecular weight excluding hydrogens is 356 g/mol. The summed E-state index contributed by atoms with van der Waals surface area (Å²) in [5.74, 6) is -1.54. The molecule has 4 rings (SSSR count). The van der Waals surface area contributed by atoms with E-state index in [2.05, 4.69) is 4.98 Å². The lowest BCUT2D eigenvalue weighted by atomic mass is 9.96. The number of nitrogens with zero attached hydrogens (tertiary/aromatic N) is 2. The van der Waals surface area contributed by atoms with E-state index < -0.39 is 23.5 Å². The molecule has 1 aliphatic rings. The van der Waals surface area contributed by atoms with E-state index in [1.807, 2.05) is 30.3 Å². The maximum Gasteiger partial charge on any atom is 0.290 e. The normalized spacial score (nSPS) is 16.6. The van der Waals surface area contributed by atoms with Crippen LogP contribution < -0.4 is 0 Å². The van der Waals surface area contributed by atoms with Crippen molar-refractivity contribution in [3.8, 4) is 0 Å². The van der Waals surface area contributed by atoms with Gasteiger partial charge in [0.05, 0.1) is 17.9 Å². The standard InChI is InChI=1S/C22H18N2O4/c25-20(17-9-5-13-28-17)18-19(16-8-4-11-23-14-16)24(22(27)21(18)26)12-10-15-6-2-1-3-7-15/h1-9,11,13-14,19,26H,10,12H2/t19-/m1/s1. The third kappa shape index (κ3) is 3.20. The molecule has 1 amide bonds. The summed E-state index contributed by atoms with van der Waals surface area (Å²) in [7, 11) is 0. The lowest BCUT2D eigenvalue weighted by Gasteiger charge is -2.26. The second-order valence-electron chi connectivity index (χ2n) is 6.49. The van der Waals surface area contributed by atoms with E-state index in [4.69, 9.17) is 4.42 Å². The lowest BCUT2D eigenvalue weighted by molar-refractivity contribution is -0.129. The Balaban J connectivity index is 1.70. The van der Waals surface area contributed by atoms with E-state index in [0.717, 1.165) is 5.56 Å². The molecule has 0 bridgehead atoms. The van der Waals surface area contributed by atoms with Crippen LogP contribution in [0, 0.1) is 0 Å². The van der Waals surface area contributed by atoms with Crippen molar-refractivity contribution in [2.75, 3.05) is 6.54 Å². The number of hydrogen-bond donors (Lipinski definition) is 1. The molecule has 3 heterocycles. The second-order valence-corrected chi connectivity index (χ2v) is 6.49. The molecule has 3 aromatic rings. The van der Waals surface area contributed by atoms with Crippen LogP contribution in [0.3, 0.4) is 0 Å². The van der Waals surface area contributed by atoms with Gasteiger partial charge in [-0.05, 0) is 35.7 Å². The third-order valence-electron chi connectivity index (χ3n) is 4.78. The first kappa shape index (κ1) is 17.7. The van der Waals surface area contributed by atoms with Crippen molar-refractivity contribution in [1.29, 1.82) is 0 Å². The molecule has 0 spiro atoms. The summed E-state index contributed by atoms with van der Waals surface area (Å²) in [6.45, 7) is 0.349. The van der Waals surface area contributed by atoms with E-state index in [1.165, 1.54) is 17.2 Å². The Kier molecular flexibility index (Phi) is 4.76. The van der Waals surface area contributed by atoms with E-state index in [0.29, 0.717) is 18.5 Å². The molecule has 6 nitrogen and oxygen atoms in total. The number of benzene rings is 1. The highest BCUT2D eigenvalue weighted by atomic mass is 16.3. The number of amides is 1. The van der Waals surface area contributed by atoms with Crippen LogP contribution in [0.5, 0.6) is 0 Å². The Morgan fingerprint density at radius 1 is 1.11 bits per heavy atom. The van der Waals surface area contributed by atoms with E-state index in [9.17, 15) is 14.7 Å². The van der Waals surface area contributed by atoms with Gasteiger partial charge in [0.1, 0.15) is 0 Å².